The van der Waals surface area contributed by atoms with Gasteiger partial charge in [-0.3, -0.25) is 4.79 Å². The maximum Gasteiger partial charge on any atom is 0.302 e. The van der Waals surface area contributed by atoms with Crippen molar-refractivity contribution in [1.29, 1.82) is 0 Å². The summed E-state index contributed by atoms with van der Waals surface area (Å²) in [7, 11) is 0. The van der Waals surface area contributed by atoms with Gasteiger partial charge in [0.15, 0.2) is 0 Å². The first-order chi connectivity index (χ1) is 10.2. The smallest absolute Gasteiger partial charge is 0.302 e. The summed E-state index contributed by atoms with van der Waals surface area (Å²) in [6, 6.07) is 0. The molecule has 0 aromatic rings. The van der Waals surface area contributed by atoms with E-state index in [9.17, 15) is 4.79 Å². The number of hydrogen-bond acceptors (Lipinski definition) is 2. The summed E-state index contributed by atoms with van der Waals surface area (Å²) in [5.74, 6) is 0.521. The molecule has 0 heterocycles. The summed E-state index contributed by atoms with van der Waals surface area (Å²) in [4.78, 5) is 10.6. The Hall–Kier alpha value is -1.01. The quantitative estimate of drug-likeness (QED) is 0.229. The van der Waals surface area contributed by atoms with Crippen molar-refractivity contribution in [1.82, 2.24) is 0 Å². The topological polar surface area (TPSA) is 26.3 Å². The highest BCUT2D eigenvalue weighted by Crippen LogP contribution is 2.18. The zero-order valence-corrected chi connectivity index (χ0v) is 14.2. The third kappa shape index (κ3) is 15.2. The zero-order valence-electron chi connectivity index (χ0n) is 14.2. The lowest BCUT2D eigenvalue weighted by atomic mass is 9.95. The molecule has 2 nitrogen and oxygen atoms in total. The van der Waals surface area contributed by atoms with Gasteiger partial charge >= 0.3 is 5.97 Å². The molecule has 0 aliphatic carbocycles. The number of ether oxygens (including phenoxy) is 1. The molecule has 0 amide bonds. The van der Waals surface area contributed by atoms with Gasteiger partial charge in [0.05, 0.1) is 6.61 Å². The van der Waals surface area contributed by atoms with Crippen molar-refractivity contribution in [3.05, 3.63) is 18.4 Å². The zero-order chi connectivity index (χ0) is 15.8. The largest absolute Gasteiger partial charge is 0.466 e. The number of carbonyl (C=O) groups excluding carboxylic acids is 1. The maximum absolute atomic E-state index is 10.6. The van der Waals surface area contributed by atoms with Crippen LogP contribution >= 0.6 is 0 Å². The summed E-state index contributed by atoms with van der Waals surface area (Å²) in [5.41, 5.74) is 2.95. The van der Waals surface area contributed by atoms with E-state index in [1.807, 2.05) is 0 Å². The van der Waals surface area contributed by atoms with Crippen LogP contribution in [0.4, 0.5) is 0 Å². The number of hydrogen-bond donors (Lipinski definition) is 0. The van der Waals surface area contributed by atoms with Gasteiger partial charge in [-0.1, -0.05) is 64.9 Å². The van der Waals surface area contributed by atoms with Crippen molar-refractivity contribution >= 4 is 5.97 Å². The van der Waals surface area contributed by atoms with Crippen LogP contribution in [0.1, 0.15) is 84.5 Å². The minimum absolute atomic E-state index is 0.166. The molecule has 0 saturated heterocycles. The Bertz CT molecular complexity index is 290. The second-order valence-corrected chi connectivity index (χ2v) is 5.88. The summed E-state index contributed by atoms with van der Waals surface area (Å²) in [6.45, 7) is 8.00. The minimum atomic E-state index is -0.166. The predicted molar refractivity (Wildman–Crippen MR) is 90.3 cm³/mol. The Kier molecular flexibility index (Phi) is 14.6. The van der Waals surface area contributed by atoms with E-state index in [2.05, 4.69) is 25.3 Å². The van der Waals surface area contributed by atoms with E-state index < -0.39 is 0 Å². The number of unbranched alkanes of at least 4 members (excludes halogenated alkanes) is 7. The van der Waals surface area contributed by atoms with Crippen LogP contribution in [0.5, 0.6) is 0 Å². The Morgan fingerprint density at radius 3 is 2.19 bits per heavy atom. The molecule has 1 atom stereocenters. The van der Waals surface area contributed by atoms with E-state index in [1.54, 1.807) is 0 Å². The Balaban J connectivity index is 3.37. The number of carbonyl (C=O) groups is 1. The fraction of sp³-hybridized carbons (Fsp3) is 0.789. The van der Waals surface area contributed by atoms with Crippen LogP contribution in [0.3, 0.4) is 0 Å². The average Bonchev–Trinajstić information content (AvgIpc) is 2.46. The Morgan fingerprint density at radius 2 is 1.62 bits per heavy atom. The molecule has 0 aliphatic heterocycles. The molecule has 0 aromatic heterocycles. The minimum Gasteiger partial charge on any atom is -0.466 e. The van der Waals surface area contributed by atoms with Gasteiger partial charge in [0.1, 0.15) is 0 Å². The maximum atomic E-state index is 10.6. The van der Waals surface area contributed by atoms with Crippen molar-refractivity contribution < 1.29 is 9.53 Å². The molecule has 0 aliphatic rings. The molecule has 1 unspecified atom stereocenters. The molecule has 0 radical (unpaired) electrons. The molecule has 2 heteroatoms. The highest BCUT2D eigenvalue weighted by Gasteiger charge is 2.03. The highest BCUT2D eigenvalue weighted by molar-refractivity contribution is 5.65. The summed E-state index contributed by atoms with van der Waals surface area (Å²) in [5, 5.41) is 0. The first kappa shape index (κ1) is 20.0. The van der Waals surface area contributed by atoms with Crippen LogP contribution in [0, 0.1) is 5.92 Å². The van der Waals surface area contributed by atoms with Crippen LogP contribution in [-0.4, -0.2) is 12.6 Å². The second-order valence-electron chi connectivity index (χ2n) is 5.88. The van der Waals surface area contributed by atoms with Gasteiger partial charge in [0, 0.05) is 6.92 Å². The molecule has 0 bridgehead atoms. The Labute approximate surface area is 131 Å². The standard InChI is InChI=1S/C19H34O2/c1-4-6-15-19(14-5-2)16-12-10-8-7-9-11-13-17-21-18(3)20/h14,19H,2,4,6-13,15-17H2,1,3H3. The summed E-state index contributed by atoms with van der Waals surface area (Å²) in [6.07, 6.45) is 16.0. The summed E-state index contributed by atoms with van der Waals surface area (Å²) >= 11 is 0. The molecule has 0 spiro atoms. The first-order valence-electron chi connectivity index (χ1n) is 8.70. The number of rotatable bonds is 14. The fourth-order valence-electron chi connectivity index (χ4n) is 2.55. The van der Waals surface area contributed by atoms with Crippen LogP contribution in [-0.2, 0) is 9.53 Å². The third-order valence-electron chi connectivity index (χ3n) is 3.81. The molecule has 21 heavy (non-hydrogen) atoms. The van der Waals surface area contributed by atoms with Crippen molar-refractivity contribution in [3.63, 3.8) is 0 Å². The molecule has 122 valence electrons. The summed E-state index contributed by atoms with van der Waals surface area (Å²) < 4.78 is 4.92. The first-order valence-corrected chi connectivity index (χ1v) is 8.70. The molecule has 0 saturated carbocycles. The average molecular weight is 294 g/mol. The van der Waals surface area contributed by atoms with Crippen molar-refractivity contribution in [2.24, 2.45) is 5.92 Å². The van der Waals surface area contributed by atoms with Gasteiger partial charge in [-0.2, -0.15) is 0 Å². The van der Waals surface area contributed by atoms with E-state index in [0.717, 1.165) is 6.42 Å². The molecule has 0 N–H and O–H groups in total. The van der Waals surface area contributed by atoms with Gasteiger partial charge in [-0.15, -0.1) is 5.73 Å². The lowest BCUT2D eigenvalue weighted by Crippen LogP contribution is -2.00. The van der Waals surface area contributed by atoms with E-state index in [-0.39, 0.29) is 5.97 Å². The van der Waals surface area contributed by atoms with Crippen molar-refractivity contribution in [2.75, 3.05) is 6.61 Å². The van der Waals surface area contributed by atoms with Gasteiger partial charge in [0.2, 0.25) is 0 Å². The number of esters is 1. The van der Waals surface area contributed by atoms with Gasteiger partial charge in [-0.25, -0.2) is 0 Å². The molecule has 0 fully saturated rings. The van der Waals surface area contributed by atoms with E-state index in [0.29, 0.717) is 12.5 Å². The van der Waals surface area contributed by atoms with Gasteiger partial charge in [0.25, 0.3) is 0 Å². The van der Waals surface area contributed by atoms with Crippen LogP contribution in [0.2, 0.25) is 0 Å². The lowest BCUT2D eigenvalue weighted by Gasteiger charge is -2.11. The number of allylic oxidation sites excluding steroid dienone is 1. The van der Waals surface area contributed by atoms with Crippen LogP contribution < -0.4 is 0 Å². The van der Waals surface area contributed by atoms with Crippen molar-refractivity contribution in [2.45, 2.75) is 84.5 Å². The molecular weight excluding hydrogens is 260 g/mol. The monoisotopic (exact) mass is 294 g/mol. The third-order valence-corrected chi connectivity index (χ3v) is 3.81. The van der Waals surface area contributed by atoms with Gasteiger partial charge < -0.3 is 4.74 Å². The lowest BCUT2D eigenvalue weighted by molar-refractivity contribution is -0.141. The van der Waals surface area contributed by atoms with E-state index in [1.165, 1.54) is 71.1 Å². The molecule has 0 aromatic carbocycles. The van der Waals surface area contributed by atoms with E-state index in [4.69, 9.17) is 4.74 Å². The fourth-order valence-corrected chi connectivity index (χ4v) is 2.55. The molecule has 0 rings (SSSR count). The van der Waals surface area contributed by atoms with Crippen LogP contribution in [0.15, 0.2) is 18.4 Å². The van der Waals surface area contributed by atoms with Crippen LogP contribution in [0.25, 0.3) is 0 Å². The second kappa shape index (κ2) is 15.4. The molecular formula is C19H34O2. The van der Waals surface area contributed by atoms with Gasteiger partial charge in [-0.05, 0) is 31.3 Å². The normalized spacial score (nSPS) is 11.7. The predicted octanol–water partition coefficient (Wildman–Crippen LogP) is 5.82. The van der Waals surface area contributed by atoms with E-state index >= 15 is 0 Å². The highest BCUT2D eigenvalue weighted by atomic mass is 16.5. The SMILES string of the molecule is C=C=CC(CCCC)CCCCCCCCCOC(C)=O. The van der Waals surface area contributed by atoms with Crippen molar-refractivity contribution in [3.8, 4) is 0 Å². The Morgan fingerprint density at radius 1 is 1.05 bits per heavy atom.